The monoisotopic (exact) mass is 498 g/mol. The van der Waals surface area contributed by atoms with Crippen LogP contribution in [0.4, 0.5) is 0 Å². The molecule has 1 amide bonds. The second-order valence-electron chi connectivity index (χ2n) is 8.42. The Bertz CT molecular complexity index is 1390. The van der Waals surface area contributed by atoms with Gasteiger partial charge in [-0.2, -0.15) is 0 Å². The molecule has 0 spiro atoms. The molecule has 0 bridgehead atoms. The van der Waals surface area contributed by atoms with Gasteiger partial charge in [-0.05, 0) is 18.2 Å². The van der Waals surface area contributed by atoms with E-state index < -0.39 is 28.5 Å². The number of benzene rings is 1. The van der Waals surface area contributed by atoms with Gasteiger partial charge in [0.2, 0.25) is 17.6 Å². The second-order valence-corrected chi connectivity index (χ2v) is 8.42. The summed E-state index contributed by atoms with van der Waals surface area (Å²) in [6, 6.07) is 5.90. The van der Waals surface area contributed by atoms with Crippen LogP contribution in [-0.2, 0) is 20.9 Å². The zero-order valence-electron chi connectivity index (χ0n) is 19.9. The van der Waals surface area contributed by atoms with Crippen molar-refractivity contribution < 1.29 is 33.0 Å². The third-order valence-electron chi connectivity index (χ3n) is 6.23. The number of ether oxygens (including phenoxy) is 2. The van der Waals surface area contributed by atoms with Crippen molar-refractivity contribution in [2.24, 2.45) is 0 Å². The number of hydrogen-bond acceptors (Lipinski definition) is 10. The lowest BCUT2D eigenvalue weighted by Gasteiger charge is -2.32. The SMILES string of the molecule is COC(=O)C[C@@H](c1oc(CN2CCN(C=O)CC2)cc(=O)c1O)c1coc2ccc(OC)cc2c1=O. The van der Waals surface area contributed by atoms with Crippen LogP contribution in [-0.4, -0.2) is 67.7 Å². The number of fused-ring (bicyclic) bond motifs is 1. The van der Waals surface area contributed by atoms with Crippen molar-refractivity contribution in [1.82, 2.24) is 9.80 Å². The van der Waals surface area contributed by atoms with E-state index in [1.807, 2.05) is 4.90 Å². The van der Waals surface area contributed by atoms with Crippen LogP contribution in [0, 0.1) is 0 Å². The van der Waals surface area contributed by atoms with E-state index in [0.29, 0.717) is 37.5 Å². The third kappa shape index (κ3) is 5.10. The standard InChI is InChI=1S/C25H26N2O9/c1-33-15-3-4-21-18(9-15)23(31)19(13-35-21)17(11-22(30)34-2)25-24(32)20(29)10-16(36-25)12-26-5-7-27(14-28)8-6-26/h3-4,9-10,13-14,17,32H,5-8,11-12H2,1-2H3/t17-/m1/s1. The van der Waals surface area contributed by atoms with Gasteiger partial charge < -0.3 is 28.3 Å². The minimum Gasteiger partial charge on any atom is -0.502 e. The Balaban J connectivity index is 1.78. The first kappa shape index (κ1) is 25.0. The molecule has 1 saturated heterocycles. The van der Waals surface area contributed by atoms with Gasteiger partial charge >= 0.3 is 5.97 Å². The van der Waals surface area contributed by atoms with Gasteiger partial charge in [0.25, 0.3) is 0 Å². The van der Waals surface area contributed by atoms with Gasteiger partial charge in [0.1, 0.15) is 17.1 Å². The van der Waals surface area contributed by atoms with Crippen LogP contribution in [0.1, 0.15) is 29.4 Å². The summed E-state index contributed by atoms with van der Waals surface area (Å²) >= 11 is 0. The topological polar surface area (TPSA) is 140 Å². The lowest BCUT2D eigenvalue weighted by Crippen LogP contribution is -2.45. The van der Waals surface area contributed by atoms with Crippen LogP contribution in [0.2, 0.25) is 0 Å². The second kappa shape index (κ2) is 10.6. The van der Waals surface area contributed by atoms with Crippen molar-refractivity contribution in [3.63, 3.8) is 0 Å². The minimum absolute atomic E-state index is 0.0105. The van der Waals surface area contributed by atoms with Crippen LogP contribution in [0.15, 0.2) is 49.0 Å². The molecule has 3 heterocycles. The molecule has 36 heavy (non-hydrogen) atoms. The number of carbonyl (C=O) groups excluding carboxylic acids is 2. The Hall–Kier alpha value is -4.12. The molecule has 3 aromatic rings. The van der Waals surface area contributed by atoms with Gasteiger partial charge in [0, 0.05) is 37.8 Å². The molecule has 11 heteroatoms. The number of esters is 1. The number of piperazine rings is 1. The van der Waals surface area contributed by atoms with Gasteiger partial charge in [0.15, 0.2) is 11.2 Å². The Morgan fingerprint density at radius 2 is 1.92 bits per heavy atom. The van der Waals surface area contributed by atoms with Gasteiger partial charge in [-0.1, -0.05) is 0 Å². The molecule has 0 radical (unpaired) electrons. The lowest BCUT2D eigenvalue weighted by atomic mass is 9.92. The number of rotatable bonds is 8. The summed E-state index contributed by atoms with van der Waals surface area (Å²) in [5.41, 5.74) is -0.868. The minimum atomic E-state index is -1.15. The fraction of sp³-hybridized carbons (Fsp3) is 0.360. The average molecular weight is 498 g/mol. The number of aromatic hydroxyl groups is 1. The zero-order chi connectivity index (χ0) is 25.8. The summed E-state index contributed by atoms with van der Waals surface area (Å²) in [6.07, 6.45) is 1.60. The third-order valence-corrected chi connectivity index (χ3v) is 6.23. The molecule has 0 saturated carbocycles. The molecular weight excluding hydrogens is 472 g/mol. The van der Waals surface area contributed by atoms with Crippen molar-refractivity contribution in [2.45, 2.75) is 18.9 Å². The molecule has 1 atom stereocenters. The highest BCUT2D eigenvalue weighted by Crippen LogP contribution is 2.33. The van der Waals surface area contributed by atoms with Crippen LogP contribution >= 0.6 is 0 Å². The maximum absolute atomic E-state index is 13.4. The van der Waals surface area contributed by atoms with E-state index in [2.05, 4.69) is 0 Å². The van der Waals surface area contributed by atoms with Crippen LogP contribution in [0.3, 0.4) is 0 Å². The zero-order valence-corrected chi connectivity index (χ0v) is 19.9. The van der Waals surface area contributed by atoms with Crippen LogP contribution in [0.25, 0.3) is 11.0 Å². The summed E-state index contributed by atoms with van der Waals surface area (Å²) in [7, 11) is 2.66. The van der Waals surface area contributed by atoms with Gasteiger partial charge in [-0.25, -0.2) is 0 Å². The molecular formula is C25H26N2O9. The Morgan fingerprint density at radius 1 is 1.17 bits per heavy atom. The maximum Gasteiger partial charge on any atom is 0.306 e. The summed E-state index contributed by atoms with van der Waals surface area (Å²) in [4.78, 5) is 53.0. The first-order valence-corrected chi connectivity index (χ1v) is 11.3. The first-order valence-electron chi connectivity index (χ1n) is 11.3. The van der Waals surface area contributed by atoms with Crippen LogP contribution in [0.5, 0.6) is 11.5 Å². The van der Waals surface area contributed by atoms with E-state index in [-0.39, 0.29) is 35.4 Å². The number of hydrogen-bond donors (Lipinski definition) is 1. The largest absolute Gasteiger partial charge is 0.502 e. The molecule has 1 N–H and O–H groups in total. The normalized spacial score (nSPS) is 15.0. The number of amides is 1. The molecule has 0 aliphatic carbocycles. The van der Waals surface area contributed by atoms with Gasteiger partial charge in [-0.15, -0.1) is 0 Å². The molecule has 190 valence electrons. The Morgan fingerprint density at radius 3 is 2.58 bits per heavy atom. The van der Waals surface area contributed by atoms with Gasteiger partial charge in [0.05, 0.1) is 44.8 Å². The fourth-order valence-electron chi connectivity index (χ4n) is 4.20. The molecule has 4 rings (SSSR count). The van der Waals surface area contributed by atoms with E-state index in [1.54, 1.807) is 17.0 Å². The Labute approximate surface area is 205 Å². The summed E-state index contributed by atoms with van der Waals surface area (Å²) in [5.74, 6) is -2.09. The predicted molar refractivity (Wildman–Crippen MR) is 127 cm³/mol. The highest BCUT2D eigenvalue weighted by molar-refractivity contribution is 5.79. The number of nitrogens with zero attached hydrogens (tertiary/aromatic N) is 2. The predicted octanol–water partition coefficient (Wildman–Crippen LogP) is 1.43. The molecule has 0 unspecified atom stereocenters. The van der Waals surface area contributed by atoms with E-state index >= 15 is 0 Å². The van der Waals surface area contributed by atoms with E-state index in [0.717, 1.165) is 6.41 Å². The van der Waals surface area contributed by atoms with Crippen molar-refractivity contribution in [1.29, 1.82) is 0 Å². The Kier molecular flexibility index (Phi) is 7.39. The summed E-state index contributed by atoms with van der Waals surface area (Å²) in [6.45, 7) is 2.45. The lowest BCUT2D eigenvalue weighted by molar-refractivity contribution is -0.141. The smallest absolute Gasteiger partial charge is 0.306 e. The van der Waals surface area contributed by atoms with Crippen molar-refractivity contribution in [3.8, 4) is 11.5 Å². The van der Waals surface area contributed by atoms with E-state index in [9.17, 15) is 24.3 Å². The molecule has 1 fully saturated rings. The number of carbonyl (C=O) groups is 2. The molecule has 1 aliphatic rings. The highest BCUT2D eigenvalue weighted by atomic mass is 16.5. The van der Waals surface area contributed by atoms with Crippen molar-refractivity contribution in [2.75, 3.05) is 40.4 Å². The first-order chi connectivity index (χ1) is 17.3. The summed E-state index contributed by atoms with van der Waals surface area (Å²) < 4.78 is 21.6. The summed E-state index contributed by atoms with van der Waals surface area (Å²) in [5, 5.41) is 10.8. The van der Waals surface area contributed by atoms with Crippen LogP contribution < -0.4 is 15.6 Å². The van der Waals surface area contributed by atoms with E-state index in [4.69, 9.17) is 18.3 Å². The molecule has 2 aromatic heterocycles. The average Bonchev–Trinajstić information content (AvgIpc) is 2.90. The van der Waals surface area contributed by atoms with E-state index in [1.165, 1.54) is 32.6 Å². The quantitative estimate of drug-likeness (QED) is 0.358. The molecule has 1 aliphatic heterocycles. The molecule has 11 nitrogen and oxygen atoms in total. The van der Waals surface area contributed by atoms with Crippen molar-refractivity contribution >= 4 is 23.3 Å². The maximum atomic E-state index is 13.4. The highest BCUT2D eigenvalue weighted by Gasteiger charge is 2.30. The van der Waals surface area contributed by atoms with Gasteiger partial charge in [-0.3, -0.25) is 24.1 Å². The fourth-order valence-corrected chi connectivity index (χ4v) is 4.20. The van der Waals surface area contributed by atoms with Crippen molar-refractivity contribution in [3.05, 3.63) is 68.1 Å². The number of methoxy groups -OCH3 is 2. The molecule has 1 aromatic carbocycles.